The Morgan fingerprint density at radius 3 is 2.67 bits per heavy atom. The number of aromatic nitrogens is 2. The first-order valence-electron chi connectivity index (χ1n) is 8.45. The van der Waals surface area contributed by atoms with Gasteiger partial charge in [-0.05, 0) is 51.3 Å². The highest BCUT2D eigenvalue weighted by Gasteiger charge is 2.36. The number of amides is 1. The number of carbonyl (C=O) groups is 1. The number of carbonyl (C=O) groups excluding carboxylic acids is 1. The molecular weight excluding hydrogens is 305 g/mol. The molecule has 1 fully saturated rings. The fraction of sp³-hybridized carbons (Fsp3) is 0.474. The van der Waals surface area contributed by atoms with Crippen molar-refractivity contribution in [2.75, 3.05) is 13.1 Å². The molecule has 1 aliphatic heterocycles. The van der Waals surface area contributed by atoms with Gasteiger partial charge in [0, 0.05) is 30.9 Å². The molecule has 0 bridgehead atoms. The van der Waals surface area contributed by atoms with Crippen LogP contribution in [0.15, 0.2) is 30.5 Å². The zero-order valence-corrected chi connectivity index (χ0v) is 14.5. The molecule has 24 heavy (non-hydrogen) atoms. The molecule has 0 aliphatic carbocycles. The second kappa shape index (κ2) is 6.38. The van der Waals surface area contributed by atoms with Gasteiger partial charge in [0.25, 0.3) is 0 Å². The molecule has 1 aromatic carbocycles. The lowest BCUT2D eigenvalue weighted by Crippen LogP contribution is -2.47. The second-order valence-corrected chi connectivity index (χ2v) is 7.17. The quantitative estimate of drug-likeness (QED) is 0.936. The summed E-state index contributed by atoms with van der Waals surface area (Å²) in [6.07, 6.45) is 3.84. The molecule has 3 rings (SSSR count). The van der Waals surface area contributed by atoms with E-state index in [2.05, 4.69) is 9.97 Å². The summed E-state index contributed by atoms with van der Waals surface area (Å²) in [6, 6.07) is 6.22. The molecule has 2 heterocycles. The number of aryl methyl sites for hydroxylation is 1. The predicted octanol–water partition coefficient (Wildman–Crippen LogP) is 3.54. The molecule has 1 saturated heterocycles. The van der Waals surface area contributed by atoms with Crippen molar-refractivity contribution in [3.63, 3.8) is 0 Å². The maximum absolute atomic E-state index is 13.2. The van der Waals surface area contributed by atoms with E-state index in [0.717, 1.165) is 36.5 Å². The van der Waals surface area contributed by atoms with Crippen LogP contribution in [0.5, 0.6) is 0 Å². The third-order valence-electron chi connectivity index (χ3n) is 4.92. The van der Waals surface area contributed by atoms with Gasteiger partial charge in [0.15, 0.2) is 0 Å². The van der Waals surface area contributed by atoms with Gasteiger partial charge in [0.2, 0.25) is 5.91 Å². The Balaban J connectivity index is 1.77. The lowest BCUT2D eigenvalue weighted by atomic mass is 9.82. The predicted molar refractivity (Wildman–Crippen MR) is 91.3 cm³/mol. The van der Waals surface area contributed by atoms with Crippen LogP contribution in [-0.4, -0.2) is 33.9 Å². The minimum Gasteiger partial charge on any atom is -0.346 e. The second-order valence-electron chi connectivity index (χ2n) is 7.17. The topological polar surface area (TPSA) is 49.0 Å². The number of rotatable bonds is 3. The Morgan fingerprint density at radius 1 is 1.33 bits per heavy atom. The molecule has 1 unspecified atom stereocenters. The number of halogens is 1. The number of H-pyrrole nitrogens is 1. The van der Waals surface area contributed by atoms with Crippen LogP contribution in [0.4, 0.5) is 4.39 Å². The monoisotopic (exact) mass is 329 g/mol. The van der Waals surface area contributed by atoms with Gasteiger partial charge >= 0.3 is 0 Å². The number of imidazole rings is 1. The molecule has 0 spiro atoms. The summed E-state index contributed by atoms with van der Waals surface area (Å²) in [5.74, 6) is 1.01. The Hall–Kier alpha value is -2.17. The molecule has 0 radical (unpaired) electrons. The Morgan fingerprint density at radius 2 is 2.04 bits per heavy atom. The van der Waals surface area contributed by atoms with E-state index < -0.39 is 5.41 Å². The number of hydrogen-bond acceptors (Lipinski definition) is 2. The molecule has 5 heteroatoms. The van der Waals surface area contributed by atoms with Crippen LogP contribution in [0.1, 0.15) is 49.7 Å². The number of benzene rings is 1. The Labute approximate surface area is 142 Å². The first-order valence-corrected chi connectivity index (χ1v) is 8.45. The Kier molecular flexibility index (Phi) is 4.43. The number of aromatic amines is 1. The van der Waals surface area contributed by atoms with Crippen LogP contribution in [0.2, 0.25) is 0 Å². The van der Waals surface area contributed by atoms with Gasteiger partial charge in [0.05, 0.1) is 5.41 Å². The first-order chi connectivity index (χ1) is 11.4. The van der Waals surface area contributed by atoms with E-state index in [1.165, 1.54) is 12.1 Å². The van der Waals surface area contributed by atoms with Crippen LogP contribution in [0.3, 0.4) is 0 Å². The van der Waals surface area contributed by atoms with E-state index in [1.807, 2.05) is 31.9 Å². The minimum absolute atomic E-state index is 0.0853. The van der Waals surface area contributed by atoms with E-state index >= 15 is 0 Å². The summed E-state index contributed by atoms with van der Waals surface area (Å²) in [5.41, 5.74) is 1.21. The summed E-state index contributed by atoms with van der Waals surface area (Å²) in [4.78, 5) is 22.7. The molecule has 128 valence electrons. The van der Waals surface area contributed by atoms with Crippen molar-refractivity contribution >= 4 is 5.91 Å². The number of hydrogen-bond donors (Lipinski definition) is 1. The van der Waals surface area contributed by atoms with Crippen LogP contribution in [0, 0.1) is 12.7 Å². The first kappa shape index (κ1) is 16.7. The highest BCUT2D eigenvalue weighted by atomic mass is 19.1. The van der Waals surface area contributed by atoms with E-state index in [-0.39, 0.29) is 17.6 Å². The fourth-order valence-electron chi connectivity index (χ4n) is 3.41. The molecule has 1 atom stereocenters. The van der Waals surface area contributed by atoms with E-state index in [9.17, 15) is 9.18 Å². The van der Waals surface area contributed by atoms with Crippen molar-refractivity contribution in [1.82, 2.24) is 14.9 Å². The molecule has 0 saturated carbocycles. The number of piperidine rings is 1. The number of likely N-dealkylation sites (tertiary alicyclic amines) is 1. The van der Waals surface area contributed by atoms with Crippen molar-refractivity contribution in [3.05, 3.63) is 53.4 Å². The van der Waals surface area contributed by atoms with Crippen LogP contribution in [0.25, 0.3) is 0 Å². The van der Waals surface area contributed by atoms with Crippen molar-refractivity contribution < 1.29 is 9.18 Å². The van der Waals surface area contributed by atoms with Gasteiger partial charge < -0.3 is 9.88 Å². The van der Waals surface area contributed by atoms with E-state index in [0.29, 0.717) is 6.54 Å². The lowest BCUT2D eigenvalue weighted by Gasteiger charge is -2.37. The van der Waals surface area contributed by atoms with Gasteiger partial charge in [0.1, 0.15) is 11.6 Å². The summed E-state index contributed by atoms with van der Waals surface area (Å²) >= 11 is 0. The zero-order chi connectivity index (χ0) is 17.3. The van der Waals surface area contributed by atoms with Gasteiger partial charge in [-0.15, -0.1) is 0 Å². The largest absolute Gasteiger partial charge is 0.346 e. The van der Waals surface area contributed by atoms with Crippen molar-refractivity contribution in [3.8, 4) is 0 Å². The maximum atomic E-state index is 13.2. The number of nitrogens with zero attached hydrogens (tertiary/aromatic N) is 2. The Bertz CT molecular complexity index is 720. The minimum atomic E-state index is -0.672. The van der Waals surface area contributed by atoms with Crippen molar-refractivity contribution in [1.29, 1.82) is 0 Å². The summed E-state index contributed by atoms with van der Waals surface area (Å²) in [7, 11) is 0. The summed E-state index contributed by atoms with van der Waals surface area (Å²) < 4.78 is 13.2. The molecule has 1 N–H and O–H groups in total. The third-order valence-corrected chi connectivity index (χ3v) is 4.92. The highest BCUT2D eigenvalue weighted by molar-refractivity contribution is 5.87. The SMILES string of the molecule is Cc1cnc(C2CCCN(C(=O)C(C)(C)c3ccc(F)cc3)C2)[nH]1. The highest BCUT2D eigenvalue weighted by Crippen LogP contribution is 2.31. The maximum Gasteiger partial charge on any atom is 0.232 e. The normalized spacial score (nSPS) is 18.7. The van der Waals surface area contributed by atoms with Crippen molar-refractivity contribution in [2.24, 2.45) is 0 Å². The zero-order valence-electron chi connectivity index (χ0n) is 14.5. The lowest BCUT2D eigenvalue weighted by molar-refractivity contribution is -0.137. The van der Waals surface area contributed by atoms with Gasteiger partial charge in [-0.25, -0.2) is 9.37 Å². The van der Waals surface area contributed by atoms with E-state index in [4.69, 9.17) is 0 Å². The average Bonchev–Trinajstić information content (AvgIpc) is 3.01. The fourth-order valence-corrected chi connectivity index (χ4v) is 3.41. The average molecular weight is 329 g/mol. The number of nitrogens with one attached hydrogen (secondary N) is 1. The van der Waals surface area contributed by atoms with Crippen LogP contribution >= 0.6 is 0 Å². The summed E-state index contributed by atoms with van der Waals surface area (Å²) in [6.45, 7) is 7.24. The molecule has 1 amide bonds. The standard InChI is InChI=1S/C19H24FN3O/c1-13-11-21-17(22-13)14-5-4-10-23(12-14)18(24)19(2,3)15-6-8-16(20)9-7-15/h6-9,11,14H,4-5,10,12H2,1-3H3,(H,21,22). The van der Waals surface area contributed by atoms with E-state index in [1.54, 1.807) is 12.1 Å². The van der Waals surface area contributed by atoms with Crippen LogP contribution < -0.4 is 0 Å². The van der Waals surface area contributed by atoms with Gasteiger partial charge in [-0.3, -0.25) is 4.79 Å². The smallest absolute Gasteiger partial charge is 0.232 e. The van der Waals surface area contributed by atoms with Crippen molar-refractivity contribution in [2.45, 2.75) is 44.9 Å². The summed E-state index contributed by atoms with van der Waals surface area (Å²) in [5, 5.41) is 0. The molecule has 4 nitrogen and oxygen atoms in total. The molecule has 1 aromatic heterocycles. The van der Waals surface area contributed by atoms with Crippen LogP contribution in [-0.2, 0) is 10.2 Å². The van der Waals surface area contributed by atoms with Gasteiger partial charge in [-0.2, -0.15) is 0 Å². The third kappa shape index (κ3) is 3.21. The van der Waals surface area contributed by atoms with Gasteiger partial charge in [-0.1, -0.05) is 12.1 Å². The molecule has 2 aromatic rings. The molecular formula is C19H24FN3O. The molecule has 1 aliphatic rings.